The summed E-state index contributed by atoms with van der Waals surface area (Å²) < 4.78 is 38.6. The van der Waals surface area contributed by atoms with Crippen molar-refractivity contribution in [3.05, 3.63) is 77.9 Å². The highest BCUT2D eigenvalue weighted by atomic mass is 19.4. The molecule has 0 aromatic heterocycles. The minimum Gasteiger partial charge on any atom is -0.387 e. The molecule has 0 aliphatic rings. The van der Waals surface area contributed by atoms with E-state index < -0.39 is 56.2 Å². The SMILES string of the molecule is O=[N+]([O-])c1ccc([C@H](O)CNc2c([N+](=O)[O-])cc(C(F)(F)F)cc2[N+](=O)[O-])cc1. The number of rotatable bonds is 7. The Morgan fingerprint density at radius 1 is 0.931 bits per heavy atom. The van der Waals surface area contributed by atoms with Gasteiger partial charge in [0.15, 0.2) is 5.69 Å². The molecule has 1 atom stereocenters. The number of aliphatic hydroxyl groups excluding tert-OH is 1. The Morgan fingerprint density at radius 2 is 1.41 bits per heavy atom. The van der Waals surface area contributed by atoms with Crippen molar-refractivity contribution in [3.8, 4) is 0 Å². The summed E-state index contributed by atoms with van der Waals surface area (Å²) in [5, 5.41) is 45.2. The van der Waals surface area contributed by atoms with Crippen molar-refractivity contribution in [1.82, 2.24) is 0 Å². The maximum Gasteiger partial charge on any atom is 0.416 e. The summed E-state index contributed by atoms with van der Waals surface area (Å²) in [6.45, 7) is -0.551. The van der Waals surface area contributed by atoms with Crippen LogP contribution in [0.4, 0.5) is 35.9 Å². The Bertz CT molecular complexity index is 928. The molecule has 2 aromatic carbocycles. The van der Waals surface area contributed by atoms with Gasteiger partial charge in [-0.25, -0.2) is 0 Å². The van der Waals surface area contributed by atoms with Crippen molar-refractivity contribution in [2.75, 3.05) is 11.9 Å². The van der Waals surface area contributed by atoms with E-state index in [-0.39, 0.29) is 23.4 Å². The lowest BCUT2D eigenvalue weighted by atomic mass is 10.1. The second-order valence-electron chi connectivity index (χ2n) is 5.65. The van der Waals surface area contributed by atoms with Crippen molar-refractivity contribution >= 4 is 22.7 Å². The summed E-state index contributed by atoms with van der Waals surface area (Å²) >= 11 is 0. The third kappa shape index (κ3) is 4.92. The van der Waals surface area contributed by atoms with Gasteiger partial charge in [0.05, 0.1) is 26.4 Å². The number of halogens is 3. The molecular formula is C15H11F3N4O7. The van der Waals surface area contributed by atoms with Crippen molar-refractivity contribution in [1.29, 1.82) is 0 Å². The van der Waals surface area contributed by atoms with Gasteiger partial charge in [-0.2, -0.15) is 13.2 Å². The minimum atomic E-state index is -5.05. The number of nitro benzene ring substituents is 3. The average Bonchev–Trinajstić information content (AvgIpc) is 2.64. The topological polar surface area (TPSA) is 162 Å². The number of aliphatic hydroxyl groups is 1. The molecule has 0 unspecified atom stereocenters. The molecule has 0 saturated carbocycles. The van der Waals surface area contributed by atoms with Crippen LogP contribution in [0.5, 0.6) is 0 Å². The van der Waals surface area contributed by atoms with Crippen LogP contribution < -0.4 is 5.32 Å². The molecule has 0 spiro atoms. The van der Waals surface area contributed by atoms with Gasteiger partial charge in [0.1, 0.15) is 0 Å². The predicted molar refractivity (Wildman–Crippen MR) is 91.3 cm³/mol. The molecule has 0 fully saturated rings. The first-order chi connectivity index (χ1) is 13.4. The Labute approximate surface area is 158 Å². The number of nitrogens with one attached hydrogen (secondary N) is 1. The van der Waals surface area contributed by atoms with Crippen molar-refractivity contribution < 1.29 is 33.0 Å². The van der Waals surface area contributed by atoms with Crippen LogP contribution >= 0.6 is 0 Å². The van der Waals surface area contributed by atoms with E-state index in [0.29, 0.717) is 0 Å². The van der Waals surface area contributed by atoms with Crippen LogP contribution in [0.15, 0.2) is 36.4 Å². The van der Waals surface area contributed by atoms with Gasteiger partial charge in [0.2, 0.25) is 0 Å². The normalized spacial score (nSPS) is 12.3. The van der Waals surface area contributed by atoms with Crippen LogP contribution in [0.1, 0.15) is 17.2 Å². The fourth-order valence-corrected chi connectivity index (χ4v) is 2.38. The van der Waals surface area contributed by atoms with E-state index in [1.807, 2.05) is 0 Å². The monoisotopic (exact) mass is 416 g/mol. The molecule has 2 aromatic rings. The summed E-state index contributed by atoms with van der Waals surface area (Å²) in [6, 6.07) is 4.85. The van der Waals surface area contributed by atoms with Gasteiger partial charge < -0.3 is 10.4 Å². The van der Waals surface area contributed by atoms with Crippen LogP contribution in [-0.4, -0.2) is 26.4 Å². The van der Waals surface area contributed by atoms with Gasteiger partial charge >= 0.3 is 6.18 Å². The largest absolute Gasteiger partial charge is 0.416 e. The van der Waals surface area contributed by atoms with E-state index in [9.17, 15) is 48.6 Å². The number of alkyl halides is 3. The first-order valence-corrected chi connectivity index (χ1v) is 7.62. The number of hydrogen-bond acceptors (Lipinski definition) is 8. The zero-order valence-electron chi connectivity index (χ0n) is 14.1. The lowest BCUT2D eigenvalue weighted by Crippen LogP contribution is -2.15. The van der Waals surface area contributed by atoms with Gasteiger partial charge in [-0.3, -0.25) is 30.3 Å². The number of non-ortho nitro benzene ring substituents is 1. The lowest BCUT2D eigenvalue weighted by Gasteiger charge is -2.14. The van der Waals surface area contributed by atoms with E-state index in [4.69, 9.17) is 0 Å². The Morgan fingerprint density at radius 3 is 1.79 bits per heavy atom. The molecule has 154 valence electrons. The fraction of sp³-hybridized carbons (Fsp3) is 0.200. The lowest BCUT2D eigenvalue weighted by molar-refractivity contribution is -0.392. The summed E-state index contributed by atoms with van der Waals surface area (Å²) in [6.07, 6.45) is -6.47. The maximum absolute atomic E-state index is 12.9. The predicted octanol–water partition coefficient (Wildman–Crippen LogP) is 3.58. The highest BCUT2D eigenvalue weighted by Gasteiger charge is 2.37. The highest BCUT2D eigenvalue weighted by Crippen LogP contribution is 2.41. The third-order valence-corrected chi connectivity index (χ3v) is 3.78. The summed E-state index contributed by atoms with van der Waals surface area (Å²) in [5.74, 6) is 0. The zero-order valence-corrected chi connectivity index (χ0v) is 14.1. The van der Waals surface area contributed by atoms with Gasteiger partial charge in [-0.05, 0) is 17.7 Å². The molecule has 0 aliphatic carbocycles. The van der Waals surface area contributed by atoms with E-state index in [2.05, 4.69) is 5.32 Å². The van der Waals surface area contributed by atoms with Crippen molar-refractivity contribution in [3.63, 3.8) is 0 Å². The molecule has 11 nitrogen and oxygen atoms in total. The number of benzene rings is 2. The minimum absolute atomic E-state index is 0.139. The molecule has 0 amide bonds. The van der Waals surface area contributed by atoms with Gasteiger partial charge in [-0.1, -0.05) is 0 Å². The second-order valence-corrected chi connectivity index (χ2v) is 5.65. The van der Waals surface area contributed by atoms with Crippen molar-refractivity contribution in [2.24, 2.45) is 0 Å². The zero-order chi connectivity index (χ0) is 21.9. The molecule has 0 aliphatic heterocycles. The molecular weight excluding hydrogens is 405 g/mol. The van der Waals surface area contributed by atoms with Crippen LogP contribution in [0.25, 0.3) is 0 Å². The molecule has 0 heterocycles. The van der Waals surface area contributed by atoms with Crippen LogP contribution in [0, 0.1) is 30.3 Å². The van der Waals surface area contributed by atoms with E-state index >= 15 is 0 Å². The number of anilines is 1. The number of nitrogens with zero attached hydrogens (tertiary/aromatic N) is 3. The maximum atomic E-state index is 12.9. The van der Waals surface area contributed by atoms with Crippen LogP contribution in [0.3, 0.4) is 0 Å². The Kier molecular flexibility index (Phi) is 5.97. The van der Waals surface area contributed by atoms with Crippen molar-refractivity contribution in [2.45, 2.75) is 12.3 Å². The molecule has 0 radical (unpaired) electrons. The molecule has 14 heteroatoms. The summed E-state index contributed by atoms with van der Waals surface area (Å²) in [5.41, 5.74) is -4.89. The van der Waals surface area contributed by atoms with E-state index in [0.717, 1.165) is 12.1 Å². The number of nitro groups is 3. The highest BCUT2D eigenvalue weighted by molar-refractivity contribution is 5.75. The van der Waals surface area contributed by atoms with E-state index in [1.165, 1.54) is 12.1 Å². The smallest absolute Gasteiger partial charge is 0.387 e. The first kappa shape index (κ1) is 21.5. The molecule has 2 rings (SSSR count). The second kappa shape index (κ2) is 8.05. The Hall–Kier alpha value is -3.81. The average molecular weight is 416 g/mol. The van der Waals surface area contributed by atoms with Crippen LogP contribution in [-0.2, 0) is 6.18 Å². The van der Waals surface area contributed by atoms with Gasteiger partial charge in [0.25, 0.3) is 17.1 Å². The van der Waals surface area contributed by atoms with E-state index in [1.54, 1.807) is 0 Å². The van der Waals surface area contributed by atoms with Crippen LogP contribution in [0.2, 0.25) is 0 Å². The first-order valence-electron chi connectivity index (χ1n) is 7.62. The quantitative estimate of drug-likeness (QED) is 0.511. The molecule has 29 heavy (non-hydrogen) atoms. The molecule has 0 saturated heterocycles. The summed E-state index contributed by atoms with van der Waals surface area (Å²) in [7, 11) is 0. The fourth-order valence-electron chi connectivity index (χ4n) is 2.38. The van der Waals surface area contributed by atoms with Gasteiger partial charge in [0, 0.05) is 30.8 Å². The molecule has 2 N–H and O–H groups in total. The molecule has 0 bridgehead atoms. The summed E-state index contributed by atoms with van der Waals surface area (Å²) in [4.78, 5) is 29.8. The standard InChI is InChI=1S/C15H11F3N4O7/c16-15(17,18)9-5-11(21(26)27)14(12(6-9)22(28)29)19-7-13(23)8-1-3-10(4-2-8)20(24)25/h1-6,13,19,23H,7H2/t13-/m1/s1. The Balaban J connectivity index is 2.36. The third-order valence-electron chi connectivity index (χ3n) is 3.78. The number of hydrogen-bond donors (Lipinski definition) is 2. The van der Waals surface area contributed by atoms with Gasteiger partial charge in [-0.15, -0.1) is 0 Å².